The lowest BCUT2D eigenvalue weighted by Gasteiger charge is -2.31. The molecule has 0 aromatic heterocycles. The van der Waals surface area contributed by atoms with Gasteiger partial charge in [-0.05, 0) is 43.6 Å². The molecule has 1 aliphatic rings. The first-order chi connectivity index (χ1) is 8.06. The first-order valence-corrected chi connectivity index (χ1v) is 6.96. The quantitative estimate of drug-likeness (QED) is 0.753. The number of hydrogen-bond acceptors (Lipinski definition) is 3. The van der Waals surface area contributed by atoms with Crippen molar-refractivity contribution >= 4 is 5.97 Å². The van der Waals surface area contributed by atoms with E-state index in [0.29, 0.717) is 18.9 Å². The Bertz CT molecular complexity index is 238. The van der Waals surface area contributed by atoms with Crippen LogP contribution < -0.4 is 5.73 Å². The fourth-order valence-corrected chi connectivity index (χ4v) is 2.47. The fraction of sp³-hybridized carbons (Fsp3) is 0.929. The van der Waals surface area contributed by atoms with Crippen molar-refractivity contribution in [1.82, 2.24) is 0 Å². The molecule has 17 heavy (non-hydrogen) atoms. The first kappa shape index (κ1) is 14.5. The van der Waals surface area contributed by atoms with Crippen molar-refractivity contribution in [2.24, 2.45) is 23.5 Å². The number of hydrogen-bond donors (Lipinski definition) is 1. The van der Waals surface area contributed by atoms with E-state index in [2.05, 4.69) is 20.8 Å². The van der Waals surface area contributed by atoms with Crippen molar-refractivity contribution in [1.29, 1.82) is 0 Å². The molecule has 0 aliphatic heterocycles. The molecular weight excluding hydrogens is 214 g/mol. The molecule has 0 radical (unpaired) electrons. The summed E-state index contributed by atoms with van der Waals surface area (Å²) in [6.45, 7) is 7.17. The zero-order valence-corrected chi connectivity index (χ0v) is 11.4. The van der Waals surface area contributed by atoms with Crippen LogP contribution in [0.3, 0.4) is 0 Å². The van der Waals surface area contributed by atoms with Crippen LogP contribution in [0.4, 0.5) is 0 Å². The van der Waals surface area contributed by atoms with E-state index < -0.39 is 0 Å². The second-order valence-corrected chi connectivity index (χ2v) is 5.59. The summed E-state index contributed by atoms with van der Waals surface area (Å²) in [5, 5.41) is 0. The maximum atomic E-state index is 11.7. The highest BCUT2D eigenvalue weighted by Gasteiger charge is 2.27. The minimum Gasteiger partial charge on any atom is -0.462 e. The first-order valence-electron chi connectivity index (χ1n) is 6.96. The molecule has 1 fully saturated rings. The smallest absolute Gasteiger partial charge is 0.306 e. The standard InChI is InChI=1S/C14H27NO2/c1-4-12(9-15)8-14(16)17-13-6-5-10(2)11(3)7-13/h10-13H,4-9,15H2,1-3H3. The minimum absolute atomic E-state index is 0.0611. The van der Waals surface area contributed by atoms with Crippen LogP contribution in [-0.4, -0.2) is 18.6 Å². The molecule has 3 heteroatoms. The molecule has 0 aromatic carbocycles. The Labute approximate surface area is 105 Å². The molecule has 4 unspecified atom stereocenters. The summed E-state index contributed by atoms with van der Waals surface area (Å²) in [6, 6.07) is 0. The zero-order valence-electron chi connectivity index (χ0n) is 11.4. The monoisotopic (exact) mass is 241 g/mol. The third-order valence-electron chi connectivity index (χ3n) is 4.21. The second kappa shape index (κ2) is 7.00. The van der Waals surface area contributed by atoms with E-state index in [1.54, 1.807) is 0 Å². The number of esters is 1. The van der Waals surface area contributed by atoms with Gasteiger partial charge in [-0.15, -0.1) is 0 Å². The van der Waals surface area contributed by atoms with Gasteiger partial charge in [0.2, 0.25) is 0 Å². The van der Waals surface area contributed by atoms with Crippen molar-refractivity contribution in [2.45, 2.75) is 59.0 Å². The molecule has 3 nitrogen and oxygen atoms in total. The summed E-state index contributed by atoms with van der Waals surface area (Å²) in [5.74, 6) is 1.65. The highest BCUT2D eigenvalue weighted by atomic mass is 16.5. The van der Waals surface area contributed by atoms with Gasteiger partial charge in [-0.1, -0.05) is 27.2 Å². The molecular formula is C14H27NO2. The van der Waals surface area contributed by atoms with Crippen molar-refractivity contribution in [3.63, 3.8) is 0 Å². The Kier molecular flexibility index (Phi) is 5.96. The van der Waals surface area contributed by atoms with Gasteiger partial charge in [-0.3, -0.25) is 4.79 Å². The summed E-state index contributed by atoms with van der Waals surface area (Å²) >= 11 is 0. The summed E-state index contributed by atoms with van der Waals surface area (Å²) in [5.41, 5.74) is 5.60. The van der Waals surface area contributed by atoms with E-state index in [1.807, 2.05) is 0 Å². The van der Waals surface area contributed by atoms with Gasteiger partial charge in [0.05, 0.1) is 0 Å². The molecule has 0 amide bonds. The van der Waals surface area contributed by atoms with Crippen LogP contribution in [0.1, 0.15) is 52.9 Å². The SMILES string of the molecule is CCC(CN)CC(=O)OC1CCC(C)C(C)C1. The predicted octanol–water partition coefficient (Wildman–Crippen LogP) is 2.73. The summed E-state index contributed by atoms with van der Waals surface area (Å²) < 4.78 is 5.55. The van der Waals surface area contributed by atoms with Gasteiger partial charge >= 0.3 is 5.97 Å². The third kappa shape index (κ3) is 4.66. The van der Waals surface area contributed by atoms with Crippen molar-refractivity contribution < 1.29 is 9.53 Å². The number of rotatable bonds is 5. The largest absolute Gasteiger partial charge is 0.462 e. The summed E-state index contributed by atoms with van der Waals surface area (Å²) in [6.07, 6.45) is 4.79. The molecule has 100 valence electrons. The molecule has 0 saturated heterocycles. The average Bonchev–Trinajstić information content (AvgIpc) is 2.31. The molecule has 1 saturated carbocycles. The van der Waals surface area contributed by atoms with Crippen molar-refractivity contribution in [3.8, 4) is 0 Å². The van der Waals surface area contributed by atoms with Crippen LogP contribution >= 0.6 is 0 Å². The molecule has 0 spiro atoms. The lowest BCUT2D eigenvalue weighted by molar-refractivity contribution is -0.152. The highest BCUT2D eigenvalue weighted by molar-refractivity contribution is 5.69. The van der Waals surface area contributed by atoms with Crippen molar-refractivity contribution in [2.75, 3.05) is 6.54 Å². The normalized spacial score (nSPS) is 30.9. The van der Waals surface area contributed by atoms with Crippen molar-refractivity contribution in [3.05, 3.63) is 0 Å². The lowest BCUT2D eigenvalue weighted by Crippen LogP contribution is -2.29. The highest BCUT2D eigenvalue weighted by Crippen LogP contribution is 2.31. The Balaban J connectivity index is 2.31. The molecule has 4 atom stereocenters. The van der Waals surface area contributed by atoms with Gasteiger partial charge in [0, 0.05) is 6.42 Å². The molecule has 2 N–H and O–H groups in total. The van der Waals surface area contributed by atoms with Gasteiger partial charge in [0.15, 0.2) is 0 Å². The van der Waals surface area contributed by atoms with Crippen LogP contribution in [0.5, 0.6) is 0 Å². The lowest BCUT2D eigenvalue weighted by atomic mass is 9.80. The van der Waals surface area contributed by atoms with Gasteiger partial charge in [0.1, 0.15) is 6.10 Å². The zero-order chi connectivity index (χ0) is 12.8. The van der Waals surface area contributed by atoms with Gasteiger partial charge in [-0.2, -0.15) is 0 Å². The van der Waals surface area contributed by atoms with Crippen LogP contribution in [-0.2, 0) is 9.53 Å². The van der Waals surface area contributed by atoms with Crippen LogP contribution in [0.2, 0.25) is 0 Å². The van der Waals surface area contributed by atoms with E-state index >= 15 is 0 Å². The Morgan fingerprint density at radius 1 is 1.35 bits per heavy atom. The number of nitrogens with two attached hydrogens (primary N) is 1. The van der Waals surface area contributed by atoms with Gasteiger partial charge in [0.25, 0.3) is 0 Å². The Hall–Kier alpha value is -0.570. The number of ether oxygens (including phenoxy) is 1. The van der Waals surface area contributed by atoms with Crippen LogP contribution in [0.15, 0.2) is 0 Å². The molecule has 1 aliphatic carbocycles. The van der Waals surface area contributed by atoms with E-state index in [0.717, 1.165) is 25.2 Å². The molecule has 0 bridgehead atoms. The fourth-order valence-electron chi connectivity index (χ4n) is 2.47. The van der Waals surface area contributed by atoms with Crippen LogP contribution in [0.25, 0.3) is 0 Å². The second-order valence-electron chi connectivity index (χ2n) is 5.59. The minimum atomic E-state index is -0.0611. The molecule has 0 aromatic rings. The molecule has 1 rings (SSSR count). The van der Waals surface area contributed by atoms with Gasteiger partial charge in [-0.25, -0.2) is 0 Å². The van der Waals surface area contributed by atoms with E-state index in [9.17, 15) is 4.79 Å². The maximum Gasteiger partial charge on any atom is 0.306 e. The van der Waals surface area contributed by atoms with Gasteiger partial charge < -0.3 is 10.5 Å². The topological polar surface area (TPSA) is 52.3 Å². The van der Waals surface area contributed by atoms with Crippen LogP contribution in [0, 0.1) is 17.8 Å². The van der Waals surface area contributed by atoms with E-state index in [4.69, 9.17) is 10.5 Å². The summed E-state index contributed by atoms with van der Waals surface area (Å²) in [7, 11) is 0. The Morgan fingerprint density at radius 3 is 2.59 bits per heavy atom. The number of carbonyl (C=O) groups is 1. The van der Waals surface area contributed by atoms with E-state index in [1.165, 1.54) is 6.42 Å². The third-order valence-corrected chi connectivity index (χ3v) is 4.21. The Morgan fingerprint density at radius 2 is 2.06 bits per heavy atom. The number of carbonyl (C=O) groups excluding carboxylic acids is 1. The maximum absolute atomic E-state index is 11.7. The average molecular weight is 241 g/mol. The molecule has 0 heterocycles. The van der Waals surface area contributed by atoms with E-state index in [-0.39, 0.29) is 18.0 Å². The predicted molar refractivity (Wildman–Crippen MR) is 69.5 cm³/mol. The summed E-state index contributed by atoms with van der Waals surface area (Å²) in [4.78, 5) is 11.7.